The van der Waals surface area contributed by atoms with Gasteiger partial charge in [0.25, 0.3) is 0 Å². The molecule has 0 saturated heterocycles. The Bertz CT molecular complexity index is 701. The molecule has 2 aromatic rings. The van der Waals surface area contributed by atoms with Crippen LogP contribution in [-0.2, 0) is 6.42 Å². The van der Waals surface area contributed by atoms with Gasteiger partial charge in [-0.15, -0.1) is 24.0 Å². The van der Waals surface area contributed by atoms with Crippen molar-refractivity contribution < 1.29 is 4.74 Å². The lowest BCUT2D eigenvalue weighted by Crippen LogP contribution is -2.27. The van der Waals surface area contributed by atoms with Crippen LogP contribution in [0.1, 0.15) is 24.1 Å². The Morgan fingerprint density at radius 3 is 2.38 bits per heavy atom. The van der Waals surface area contributed by atoms with E-state index < -0.39 is 0 Å². The number of hydrogen-bond donors (Lipinski definition) is 2. The fourth-order valence-corrected chi connectivity index (χ4v) is 2.65. The molecule has 0 amide bonds. The Balaban J connectivity index is 0.00000338. The summed E-state index contributed by atoms with van der Waals surface area (Å²) in [6, 6.07) is 16.5. The highest BCUT2D eigenvalue weighted by molar-refractivity contribution is 14.0. The molecule has 0 bridgehead atoms. The van der Waals surface area contributed by atoms with Gasteiger partial charge in [0.1, 0.15) is 5.75 Å². The number of rotatable bonds is 7. The number of likely N-dealkylation sites (N-methyl/N-ethyl adjacent to an activating group) is 1. The van der Waals surface area contributed by atoms with Crippen molar-refractivity contribution in [2.75, 3.05) is 33.1 Å². The molecule has 5 nitrogen and oxygen atoms in total. The lowest BCUT2D eigenvalue weighted by molar-refractivity contribution is 0.306. The van der Waals surface area contributed by atoms with Gasteiger partial charge in [0.05, 0.1) is 25.4 Å². The predicted molar refractivity (Wildman–Crippen MR) is 121 cm³/mol. The van der Waals surface area contributed by atoms with Crippen LogP contribution in [-0.4, -0.2) is 38.6 Å². The molecular formula is C20H29IN4O. The minimum atomic E-state index is 0. The smallest absolute Gasteiger partial charge is 0.193 e. The average Bonchev–Trinajstić information content (AvgIpc) is 2.62. The lowest BCUT2D eigenvalue weighted by Gasteiger charge is -2.23. The number of nitrogens with two attached hydrogens (primary N) is 1. The van der Waals surface area contributed by atoms with Gasteiger partial charge in [-0.1, -0.05) is 43.3 Å². The number of guanidine groups is 1. The number of hydrogen-bond acceptors (Lipinski definition) is 3. The monoisotopic (exact) mass is 468 g/mol. The van der Waals surface area contributed by atoms with E-state index in [2.05, 4.69) is 60.5 Å². The average molecular weight is 468 g/mol. The summed E-state index contributed by atoms with van der Waals surface area (Å²) in [5.74, 6) is 1.11. The number of methoxy groups -OCH3 is 1. The zero-order valence-electron chi connectivity index (χ0n) is 15.9. The Labute approximate surface area is 173 Å². The van der Waals surface area contributed by atoms with Gasteiger partial charge in [0.2, 0.25) is 0 Å². The normalized spacial score (nSPS) is 12.4. The highest BCUT2D eigenvalue weighted by atomic mass is 127. The van der Waals surface area contributed by atoms with Gasteiger partial charge in [0, 0.05) is 0 Å². The summed E-state index contributed by atoms with van der Waals surface area (Å²) in [6.45, 7) is 2.74. The Morgan fingerprint density at radius 2 is 1.81 bits per heavy atom. The van der Waals surface area contributed by atoms with E-state index in [1.54, 1.807) is 7.11 Å². The van der Waals surface area contributed by atoms with Crippen molar-refractivity contribution in [3.05, 3.63) is 59.7 Å². The van der Waals surface area contributed by atoms with Crippen LogP contribution < -0.4 is 15.8 Å². The lowest BCUT2D eigenvalue weighted by atomic mass is 10.0. The number of nitrogens with zero attached hydrogens (tertiary/aromatic N) is 2. The summed E-state index contributed by atoms with van der Waals surface area (Å²) in [5.41, 5.74) is 9.44. The molecule has 0 spiro atoms. The Hall–Kier alpha value is -1.80. The predicted octanol–water partition coefficient (Wildman–Crippen LogP) is 3.91. The minimum Gasteiger partial charge on any atom is -0.495 e. The number of halogens is 1. The number of benzene rings is 2. The molecule has 0 heterocycles. The quantitative estimate of drug-likeness (QED) is 0.368. The number of anilines is 1. The third kappa shape index (κ3) is 6.17. The molecule has 1 unspecified atom stereocenters. The highest BCUT2D eigenvalue weighted by Gasteiger charge is 2.14. The third-order valence-electron chi connectivity index (χ3n) is 4.20. The molecule has 142 valence electrons. The van der Waals surface area contributed by atoms with Gasteiger partial charge in [-0.25, -0.2) is 0 Å². The number of nitrogens with one attached hydrogen (secondary N) is 1. The maximum absolute atomic E-state index is 6.07. The third-order valence-corrected chi connectivity index (χ3v) is 4.20. The van der Waals surface area contributed by atoms with Crippen LogP contribution in [0.4, 0.5) is 5.69 Å². The second-order valence-corrected chi connectivity index (χ2v) is 6.13. The van der Waals surface area contributed by atoms with Crippen molar-refractivity contribution in [2.45, 2.75) is 19.4 Å². The van der Waals surface area contributed by atoms with Gasteiger partial charge in [-0.05, 0) is 43.8 Å². The van der Waals surface area contributed by atoms with Gasteiger partial charge in [-0.3, -0.25) is 4.99 Å². The van der Waals surface area contributed by atoms with Crippen molar-refractivity contribution in [2.24, 2.45) is 10.7 Å². The van der Waals surface area contributed by atoms with Crippen LogP contribution in [0, 0.1) is 0 Å². The number of para-hydroxylation sites is 2. The summed E-state index contributed by atoms with van der Waals surface area (Å²) in [6.07, 6.45) is 1.04. The van der Waals surface area contributed by atoms with Gasteiger partial charge in [0.15, 0.2) is 5.96 Å². The van der Waals surface area contributed by atoms with Crippen molar-refractivity contribution >= 4 is 35.6 Å². The molecule has 0 aromatic heterocycles. The fraction of sp³-hybridized carbons (Fsp3) is 0.350. The van der Waals surface area contributed by atoms with E-state index in [-0.39, 0.29) is 30.0 Å². The van der Waals surface area contributed by atoms with Crippen molar-refractivity contribution in [1.82, 2.24) is 4.90 Å². The van der Waals surface area contributed by atoms with Gasteiger partial charge < -0.3 is 20.7 Å². The number of aliphatic imine (C=N–C) groups is 1. The minimum absolute atomic E-state index is 0. The number of aryl methyl sites for hydroxylation is 1. The first kappa shape index (κ1) is 22.2. The van der Waals surface area contributed by atoms with E-state index in [1.165, 1.54) is 11.1 Å². The van der Waals surface area contributed by atoms with E-state index in [0.29, 0.717) is 12.5 Å². The summed E-state index contributed by atoms with van der Waals surface area (Å²) in [7, 11) is 5.74. The SMILES string of the molecule is CCc1ccc(C(CN=C(N)Nc2ccccc2OC)N(C)C)cc1.I. The summed E-state index contributed by atoms with van der Waals surface area (Å²) in [4.78, 5) is 6.68. The van der Waals surface area contributed by atoms with E-state index >= 15 is 0 Å². The van der Waals surface area contributed by atoms with Crippen molar-refractivity contribution in [1.29, 1.82) is 0 Å². The van der Waals surface area contributed by atoms with E-state index in [9.17, 15) is 0 Å². The Morgan fingerprint density at radius 1 is 1.15 bits per heavy atom. The van der Waals surface area contributed by atoms with E-state index in [0.717, 1.165) is 17.9 Å². The fourth-order valence-electron chi connectivity index (χ4n) is 2.65. The first-order valence-corrected chi connectivity index (χ1v) is 8.50. The molecule has 0 aliphatic carbocycles. The first-order valence-electron chi connectivity index (χ1n) is 8.50. The molecule has 0 fully saturated rings. The zero-order valence-corrected chi connectivity index (χ0v) is 18.2. The van der Waals surface area contributed by atoms with Gasteiger partial charge in [-0.2, -0.15) is 0 Å². The molecule has 3 N–H and O–H groups in total. The van der Waals surface area contributed by atoms with Crippen LogP contribution in [0.15, 0.2) is 53.5 Å². The summed E-state index contributed by atoms with van der Waals surface area (Å²) < 4.78 is 5.32. The molecule has 1 atom stereocenters. The zero-order chi connectivity index (χ0) is 18.2. The van der Waals surface area contributed by atoms with Crippen LogP contribution >= 0.6 is 24.0 Å². The molecule has 0 saturated carbocycles. The molecule has 2 aromatic carbocycles. The first-order chi connectivity index (χ1) is 12.0. The molecule has 26 heavy (non-hydrogen) atoms. The second-order valence-electron chi connectivity index (χ2n) is 6.13. The van der Waals surface area contributed by atoms with Crippen LogP contribution in [0.3, 0.4) is 0 Å². The second kappa shape index (κ2) is 11.0. The van der Waals surface area contributed by atoms with Crippen molar-refractivity contribution in [3.8, 4) is 5.75 Å². The van der Waals surface area contributed by atoms with Gasteiger partial charge >= 0.3 is 0 Å². The topological polar surface area (TPSA) is 62.9 Å². The van der Waals surface area contributed by atoms with E-state index in [4.69, 9.17) is 10.5 Å². The maximum Gasteiger partial charge on any atom is 0.193 e. The van der Waals surface area contributed by atoms with E-state index in [1.807, 2.05) is 24.3 Å². The molecule has 0 aliphatic rings. The molecular weight excluding hydrogens is 439 g/mol. The van der Waals surface area contributed by atoms with Crippen LogP contribution in [0.2, 0.25) is 0 Å². The molecule has 0 aliphatic heterocycles. The largest absolute Gasteiger partial charge is 0.495 e. The van der Waals surface area contributed by atoms with Crippen molar-refractivity contribution in [3.63, 3.8) is 0 Å². The number of ether oxygens (including phenoxy) is 1. The molecule has 6 heteroatoms. The maximum atomic E-state index is 6.07. The standard InChI is InChI=1S/C20H28N4O.HI/c1-5-15-10-12-16(13-11-15)18(24(2)3)14-22-20(21)23-17-8-6-7-9-19(17)25-4;/h6-13,18H,5,14H2,1-4H3,(H3,21,22,23);1H. The summed E-state index contributed by atoms with van der Waals surface area (Å²) >= 11 is 0. The Kier molecular flexibility index (Phi) is 9.43. The summed E-state index contributed by atoms with van der Waals surface area (Å²) in [5, 5.41) is 3.11. The highest BCUT2D eigenvalue weighted by Crippen LogP contribution is 2.23. The van der Waals surface area contributed by atoms with Crippen LogP contribution in [0.5, 0.6) is 5.75 Å². The van der Waals surface area contributed by atoms with Crippen LogP contribution in [0.25, 0.3) is 0 Å². The molecule has 0 radical (unpaired) electrons. The molecule has 2 rings (SSSR count).